The van der Waals surface area contributed by atoms with Crippen LogP contribution in [0.1, 0.15) is 10.4 Å². The Morgan fingerprint density at radius 3 is 2.87 bits per heavy atom. The summed E-state index contributed by atoms with van der Waals surface area (Å²) in [6.45, 7) is -0.205. The van der Waals surface area contributed by atoms with Gasteiger partial charge in [-0.15, -0.1) is 21.5 Å². The fraction of sp³-hybridized carbons (Fsp3) is 0.105. The molecule has 1 aliphatic heterocycles. The van der Waals surface area contributed by atoms with E-state index in [9.17, 15) is 14.0 Å². The molecule has 0 spiro atoms. The number of aromatic nitrogens is 2. The van der Waals surface area contributed by atoms with Crippen LogP contribution in [0.15, 0.2) is 51.0 Å². The zero-order chi connectivity index (χ0) is 21.8. The number of nitrogens with zero attached hydrogens (tertiary/aromatic N) is 3. The van der Waals surface area contributed by atoms with Crippen molar-refractivity contribution in [1.29, 1.82) is 0 Å². The van der Waals surface area contributed by atoms with E-state index in [0.717, 1.165) is 4.88 Å². The van der Waals surface area contributed by atoms with Gasteiger partial charge >= 0.3 is 0 Å². The molecule has 3 aromatic rings. The first kappa shape index (κ1) is 22.1. The van der Waals surface area contributed by atoms with Gasteiger partial charge in [-0.3, -0.25) is 19.8 Å². The molecule has 12 heteroatoms. The summed E-state index contributed by atoms with van der Waals surface area (Å²) in [6, 6.07) is 10.3. The number of hydrogen-bond acceptors (Lipinski definition) is 9. The average molecular weight is 509 g/mol. The van der Waals surface area contributed by atoms with E-state index in [0.29, 0.717) is 30.0 Å². The summed E-state index contributed by atoms with van der Waals surface area (Å²) in [4.78, 5) is 27.7. The maximum Gasteiger partial charge on any atom is 0.266 e. The summed E-state index contributed by atoms with van der Waals surface area (Å²) in [5.41, 5.74) is 0.568. The molecule has 0 bridgehead atoms. The highest BCUT2D eigenvalue weighted by Gasteiger charge is 2.33. The van der Waals surface area contributed by atoms with Crippen LogP contribution in [-0.4, -0.2) is 37.8 Å². The van der Waals surface area contributed by atoms with Gasteiger partial charge in [-0.05, 0) is 29.2 Å². The number of thiophene rings is 1. The highest BCUT2D eigenvalue weighted by Crippen LogP contribution is 2.33. The summed E-state index contributed by atoms with van der Waals surface area (Å²) < 4.78 is 14.6. The monoisotopic (exact) mass is 508 g/mol. The fourth-order valence-electron chi connectivity index (χ4n) is 2.51. The number of thioether (sulfide) groups is 2. The Bertz CT molecular complexity index is 1160. The lowest BCUT2D eigenvalue weighted by Crippen LogP contribution is -2.36. The number of halogens is 1. The van der Waals surface area contributed by atoms with Crippen LogP contribution >= 0.6 is 58.4 Å². The molecule has 2 aromatic heterocycles. The predicted molar refractivity (Wildman–Crippen MR) is 129 cm³/mol. The Balaban J connectivity index is 1.32. The summed E-state index contributed by atoms with van der Waals surface area (Å²) >= 11 is 10.5. The van der Waals surface area contributed by atoms with Gasteiger partial charge in [0.25, 0.3) is 5.91 Å². The molecule has 0 unspecified atom stereocenters. The van der Waals surface area contributed by atoms with Crippen molar-refractivity contribution in [2.24, 2.45) is 0 Å². The number of carbonyl (C=O) groups excluding carboxylic acids is 2. The van der Waals surface area contributed by atoms with Crippen molar-refractivity contribution in [2.45, 2.75) is 10.1 Å². The first-order valence-electron chi connectivity index (χ1n) is 8.78. The molecule has 2 amide bonds. The second-order valence-electron chi connectivity index (χ2n) is 6.08. The lowest BCUT2D eigenvalue weighted by Gasteiger charge is -2.13. The first-order valence-corrected chi connectivity index (χ1v) is 12.7. The van der Waals surface area contributed by atoms with Crippen LogP contribution in [0.5, 0.6) is 0 Å². The molecule has 1 aromatic carbocycles. The van der Waals surface area contributed by atoms with E-state index in [1.54, 1.807) is 24.3 Å². The number of anilines is 1. The van der Waals surface area contributed by atoms with Crippen LogP contribution in [0.2, 0.25) is 0 Å². The highest BCUT2D eigenvalue weighted by atomic mass is 32.2. The van der Waals surface area contributed by atoms with Crippen LogP contribution in [0.3, 0.4) is 0 Å². The smallest absolute Gasteiger partial charge is 0.266 e. The number of amides is 2. The Kier molecular flexibility index (Phi) is 7.13. The second-order valence-corrected chi connectivity index (χ2v) is 10.9. The minimum Gasteiger partial charge on any atom is -0.299 e. The van der Waals surface area contributed by atoms with E-state index in [-0.39, 0.29) is 18.3 Å². The topological polar surface area (TPSA) is 75.2 Å². The summed E-state index contributed by atoms with van der Waals surface area (Å²) in [5.74, 6) is -0.584. The van der Waals surface area contributed by atoms with Crippen LogP contribution in [-0.2, 0) is 15.3 Å². The third-order valence-corrected chi connectivity index (χ3v) is 8.17. The molecule has 3 heterocycles. The minimum absolute atomic E-state index is 0.205. The zero-order valence-electron chi connectivity index (χ0n) is 15.6. The average Bonchev–Trinajstić information content (AvgIpc) is 3.47. The first-order chi connectivity index (χ1) is 15.0. The summed E-state index contributed by atoms with van der Waals surface area (Å²) in [6.07, 6.45) is 1.77. The van der Waals surface area contributed by atoms with Crippen molar-refractivity contribution < 1.29 is 14.0 Å². The SMILES string of the molecule is O=C(CN1C(=O)/C(=C/c2cccs2)SC1=S)Nc1nnc(SCc2ccccc2F)s1. The molecule has 0 saturated carbocycles. The molecule has 6 nitrogen and oxygen atoms in total. The van der Waals surface area contributed by atoms with Gasteiger partial charge in [-0.2, -0.15) is 0 Å². The van der Waals surface area contributed by atoms with Crippen molar-refractivity contribution >= 4 is 85.8 Å². The predicted octanol–water partition coefficient (Wildman–Crippen LogP) is 4.87. The summed E-state index contributed by atoms with van der Waals surface area (Å²) in [7, 11) is 0. The van der Waals surface area contributed by atoms with E-state index in [1.165, 1.54) is 57.2 Å². The number of hydrogen-bond donors (Lipinski definition) is 1. The maximum absolute atomic E-state index is 13.7. The molecule has 0 atom stereocenters. The van der Waals surface area contributed by atoms with E-state index in [4.69, 9.17) is 12.2 Å². The van der Waals surface area contributed by atoms with Gasteiger partial charge in [0.1, 0.15) is 16.7 Å². The molecule has 4 rings (SSSR count). The zero-order valence-corrected chi connectivity index (χ0v) is 19.7. The maximum atomic E-state index is 13.7. The molecular weight excluding hydrogens is 496 g/mol. The highest BCUT2D eigenvalue weighted by molar-refractivity contribution is 8.26. The number of nitrogens with one attached hydrogen (secondary N) is 1. The third-order valence-electron chi connectivity index (χ3n) is 3.95. The molecule has 1 aliphatic rings. The summed E-state index contributed by atoms with van der Waals surface area (Å²) in [5, 5.41) is 12.8. The molecule has 31 heavy (non-hydrogen) atoms. The molecule has 0 radical (unpaired) electrons. The Morgan fingerprint density at radius 2 is 2.10 bits per heavy atom. The largest absolute Gasteiger partial charge is 0.299 e. The van der Waals surface area contributed by atoms with Crippen LogP contribution in [0.25, 0.3) is 6.08 Å². The molecule has 1 saturated heterocycles. The Morgan fingerprint density at radius 1 is 1.26 bits per heavy atom. The molecular formula is C19H13FN4O2S5. The number of benzene rings is 1. The van der Waals surface area contributed by atoms with Crippen LogP contribution < -0.4 is 5.32 Å². The van der Waals surface area contributed by atoms with Gasteiger partial charge < -0.3 is 0 Å². The lowest BCUT2D eigenvalue weighted by molar-refractivity contribution is -0.126. The standard InChI is InChI=1S/C19H13FN4O2S5/c20-13-6-2-1-4-11(13)10-29-18-23-22-17(31-18)21-15(25)9-24-16(26)14(30-19(24)27)8-12-5-3-7-28-12/h1-8H,9-10H2,(H,21,22,25)/b14-8-. The minimum atomic E-state index is -0.421. The van der Waals surface area contributed by atoms with Crippen molar-refractivity contribution in [3.63, 3.8) is 0 Å². The van der Waals surface area contributed by atoms with E-state index in [1.807, 2.05) is 17.5 Å². The van der Waals surface area contributed by atoms with Gasteiger partial charge in [0, 0.05) is 10.6 Å². The molecule has 1 fully saturated rings. The van der Waals surface area contributed by atoms with Crippen molar-refractivity contribution in [3.8, 4) is 0 Å². The lowest BCUT2D eigenvalue weighted by atomic mass is 10.2. The van der Waals surface area contributed by atoms with E-state index in [2.05, 4.69) is 15.5 Å². The quantitative estimate of drug-likeness (QED) is 0.211. The van der Waals surface area contributed by atoms with Gasteiger partial charge in [0.05, 0.1) is 4.91 Å². The number of carbonyl (C=O) groups is 2. The van der Waals surface area contributed by atoms with Gasteiger partial charge in [-0.25, -0.2) is 4.39 Å². The van der Waals surface area contributed by atoms with E-state index < -0.39 is 5.91 Å². The van der Waals surface area contributed by atoms with Crippen molar-refractivity contribution in [1.82, 2.24) is 15.1 Å². The molecule has 0 aliphatic carbocycles. The number of rotatable bonds is 7. The fourth-order valence-corrected chi connectivity index (χ4v) is 6.25. The van der Waals surface area contributed by atoms with Crippen LogP contribution in [0, 0.1) is 5.82 Å². The van der Waals surface area contributed by atoms with Crippen molar-refractivity contribution in [3.05, 3.63) is 62.9 Å². The molecule has 1 N–H and O–H groups in total. The van der Waals surface area contributed by atoms with Crippen LogP contribution in [0.4, 0.5) is 9.52 Å². The Labute approximate surface area is 198 Å². The van der Waals surface area contributed by atoms with Gasteiger partial charge in [0.15, 0.2) is 4.34 Å². The van der Waals surface area contributed by atoms with Gasteiger partial charge in [0.2, 0.25) is 11.0 Å². The van der Waals surface area contributed by atoms with Crippen molar-refractivity contribution in [2.75, 3.05) is 11.9 Å². The number of thiocarbonyl (C=S) groups is 1. The van der Waals surface area contributed by atoms with Gasteiger partial charge in [-0.1, -0.05) is 71.3 Å². The Hall–Kier alpha value is -2.12. The molecule has 158 valence electrons. The van der Waals surface area contributed by atoms with E-state index >= 15 is 0 Å². The second kappa shape index (κ2) is 10.0. The third kappa shape index (κ3) is 5.57. The normalized spacial score (nSPS) is 15.1.